The predicted octanol–water partition coefficient (Wildman–Crippen LogP) is 1.40. The molecule has 0 unspecified atom stereocenters. The van der Waals surface area contributed by atoms with Gasteiger partial charge in [0.2, 0.25) is 0 Å². The molecule has 1 aliphatic rings. The second-order valence-corrected chi connectivity index (χ2v) is 3.77. The topological polar surface area (TPSA) is 46.2 Å². The van der Waals surface area contributed by atoms with Crippen molar-refractivity contribution in [3.63, 3.8) is 0 Å². The van der Waals surface area contributed by atoms with E-state index >= 15 is 0 Å². The van der Waals surface area contributed by atoms with Gasteiger partial charge in [-0.15, -0.1) is 0 Å². The van der Waals surface area contributed by atoms with Crippen LogP contribution in [0.15, 0.2) is 11.6 Å². The molecule has 1 aliphatic heterocycles. The molecule has 13 heavy (non-hydrogen) atoms. The molecule has 0 aromatic carbocycles. The SMILES string of the molecule is CC(C)CCCC1=CC(=O)NC1=O. The molecule has 0 saturated carbocycles. The highest BCUT2D eigenvalue weighted by Gasteiger charge is 2.19. The Kier molecular flexibility index (Phi) is 3.23. The summed E-state index contributed by atoms with van der Waals surface area (Å²) in [5, 5.41) is 2.23. The van der Waals surface area contributed by atoms with Crippen molar-refractivity contribution >= 4 is 11.8 Å². The average molecular weight is 181 g/mol. The van der Waals surface area contributed by atoms with Gasteiger partial charge in [-0.1, -0.05) is 20.3 Å². The molecule has 0 saturated heterocycles. The zero-order chi connectivity index (χ0) is 9.84. The summed E-state index contributed by atoms with van der Waals surface area (Å²) in [5.74, 6) is 0.166. The second-order valence-electron chi connectivity index (χ2n) is 3.77. The van der Waals surface area contributed by atoms with E-state index in [0.717, 1.165) is 19.3 Å². The Morgan fingerprint density at radius 1 is 1.38 bits per heavy atom. The van der Waals surface area contributed by atoms with E-state index in [2.05, 4.69) is 19.2 Å². The maximum Gasteiger partial charge on any atom is 0.254 e. The summed E-state index contributed by atoms with van der Waals surface area (Å²) in [6, 6.07) is 0. The summed E-state index contributed by atoms with van der Waals surface area (Å²) in [5.41, 5.74) is 0.630. The van der Waals surface area contributed by atoms with Crippen LogP contribution < -0.4 is 5.32 Å². The van der Waals surface area contributed by atoms with Crippen LogP contribution in [-0.2, 0) is 9.59 Å². The van der Waals surface area contributed by atoms with Crippen molar-refractivity contribution < 1.29 is 9.59 Å². The summed E-state index contributed by atoms with van der Waals surface area (Å²) >= 11 is 0. The Balaban J connectivity index is 2.33. The monoisotopic (exact) mass is 181 g/mol. The van der Waals surface area contributed by atoms with Gasteiger partial charge in [0.1, 0.15) is 0 Å². The van der Waals surface area contributed by atoms with Crippen molar-refractivity contribution in [2.45, 2.75) is 33.1 Å². The van der Waals surface area contributed by atoms with Crippen LogP contribution in [0.2, 0.25) is 0 Å². The van der Waals surface area contributed by atoms with Gasteiger partial charge in [-0.25, -0.2) is 0 Å². The summed E-state index contributed by atoms with van der Waals surface area (Å²) < 4.78 is 0. The highest BCUT2D eigenvalue weighted by Crippen LogP contribution is 2.14. The Morgan fingerprint density at radius 3 is 2.54 bits per heavy atom. The van der Waals surface area contributed by atoms with E-state index in [1.807, 2.05) is 0 Å². The first-order valence-corrected chi connectivity index (χ1v) is 4.65. The third-order valence-corrected chi connectivity index (χ3v) is 2.06. The molecule has 0 radical (unpaired) electrons. The van der Waals surface area contributed by atoms with Gasteiger partial charge < -0.3 is 0 Å². The summed E-state index contributed by atoms with van der Waals surface area (Å²) in [6.45, 7) is 4.29. The minimum Gasteiger partial charge on any atom is -0.289 e. The molecule has 0 aromatic heterocycles. The maximum absolute atomic E-state index is 11.1. The smallest absolute Gasteiger partial charge is 0.254 e. The lowest BCUT2D eigenvalue weighted by atomic mass is 10.0. The van der Waals surface area contributed by atoms with E-state index < -0.39 is 0 Å². The van der Waals surface area contributed by atoms with Crippen LogP contribution in [0, 0.1) is 5.92 Å². The Labute approximate surface area is 78.2 Å². The van der Waals surface area contributed by atoms with Crippen molar-refractivity contribution in [1.82, 2.24) is 5.32 Å². The average Bonchev–Trinajstić information content (AvgIpc) is 2.29. The molecular formula is C10H15NO2. The lowest BCUT2D eigenvalue weighted by Gasteiger charge is -2.03. The molecule has 0 aromatic rings. The predicted molar refractivity (Wildman–Crippen MR) is 49.9 cm³/mol. The first-order chi connectivity index (χ1) is 6.09. The lowest BCUT2D eigenvalue weighted by molar-refractivity contribution is -0.123. The van der Waals surface area contributed by atoms with E-state index in [-0.39, 0.29) is 11.8 Å². The summed E-state index contributed by atoms with van der Waals surface area (Å²) in [7, 11) is 0. The normalized spacial score (nSPS) is 16.4. The molecule has 0 atom stereocenters. The fraction of sp³-hybridized carbons (Fsp3) is 0.600. The zero-order valence-corrected chi connectivity index (χ0v) is 8.09. The number of amides is 2. The molecule has 1 rings (SSSR count). The van der Waals surface area contributed by atoms with Crippen molar-refractivity contribution in [1.29, 1.82) is 0 Å². The molecule has 3 nitrogen and oxygen atoms in total. The van der Waals surface area contributed by atoms with Crippen LogP contribution in [0.4, 0.5) is 0 Å². The fourth-order valence-electron chi connectivity index (χ4n) is 1.34. The van der Waals surface area contributed by atoms with Gasteiger partial charge in [-0.2, -0.15) is 0 Å². The van der Waals surface area contributed by atoms with Gasteiger partial charge in [0.05, 0.1) is 0 Å². The van der Waals surface area contributed by atoms with E-state index in [9.17, 15) is 9.59 Å². The van der Waals surface area contributed by atoms with Crippen LogP contribution in [0.5, 0.6) is 0 Å². The third-order valence-electron chi connectivity index (χ3n) is 2.06. The molecule has 1 N–H and O–H groups in total. The van der Waals surface area contributed by atoms with Crippen molar-refractivity contribution in [2.24, 2.45) is 5.92 Å². The number of hydrogen-bond acceptors (Lipinski definition) is 2. The standard InChI is InChI=1S/C10H15NO2/c1-7(2)4-3-5-8-6-9(12)11-10(8)13/h6-7H,3-5H2,1-2H3,(H,11,12,13). The first-order valence-electron chi connectivity index (χ1n) is 4.65. The van der Waals surface area contributed by atoms with E-state index in [1.165, 1.54) is 6.08 Å². The highest BCUT2D eigenvalue weighted by atomic mass is 16.2. The van der Waals surface area contributed by atoms with Crippen molar-refractivity contribution in [2.75, 3.05) is 0 Å². The summed E-state index contributed by atoms with van der Waals surface area (Å²) in [4.78, 5) is 21.8. The molecular weight excluding hydrogens is 166 g/mol. The van der Waals surface area contributed by atoms with Crippen LogP contribution in [0.1, 0.15) is 33.1 Å². The van der Waals surface area contributed by atoms with Crippen molar-refractivity contribution in [3.8, 4) is 0 Å². The summed E-state index contributed by atoms with van der Waals surface area (Å²) in [6.07, 6.45) is 4.20. The van der Waals surface area contributed by atoms with Gasteiger partial charge in [0.15, 0.2) is 0 Å². The lowest BCUT2D eigenvalue weighted by Crippen LogP contribution is -2.22. The Bertz CT molecular complexity index is 254. The van der Waals surface area contributed by atoms with Crippen LogP contribution in [0.25, 0.3) is 0 Å². The molecule has 0 fully saturated rings. The van der Waals surface area contributed by atoms with Crippen LogP contribution in [-0.4, -0.2) is 11.8 Å². The van der Waals surface area contributed by atoms with E-state index in [4.69, 9.17) is 0 Å². The van der Waals surface area contributed by atoms with Crippen LogP contribution >= 0.6 is 0 Å². The quantitative estimate of drug-likeness (QED) is 0.666. The van der Waals surface area contributed by atoms with E-state index in [0.29, 0.717) is 11.5 Å². The maximum atomic E-state index is 11.1. The third kappa shape index (κ3) is 3.01. The minimum atomic E-state index is -0.274. The van der Waals surface area contributed by atoms with Gasteiger partial charge in [0.25, 0.3) is 11.8 Å². The van der Waals surface area contributed by atoms with Crippen LogP contribution in [0.3, 0.4) is 0 Å². The van der Waals surface area contributed by atoms with E-state index in [1.54, 1.807) is 0 Å². The second kappa shape index (κ2) is 4.21. The first kappa shape index (κ1) is 9.96. The number of nitrogens with one attached hydrogen (secondary N) is 1. The number of hydrogen-bond donors (Lipinski definition) is 1. The van der Waals surface area contributed by atoms with Gasteiger partial charge in [-0.05, 0) is 18.8 Å². The largest absolute Gasteiger partial charge is 0.289 e. The van der Waals surface area contributed by atoms with Gasteiger partial charge in [-0.3, -0.25) is 14.9 Å². The molecule has 2 amide bonds. The Hall–Kier alpha value is -1.12. The Morgan fingerprint density at radius 2 is 2.08 bits per heavy atom. The number of carbonyl (C=O) groups is 2. The molecule has 72 valence electrons. The minimum absolute atomic E-state index is 0.214. The van der Waals surface area contributed by atoms with Gasteiger partial charge in [0, 0.05) is 11.6 Å². The number of carbonyl (C=O) groups excluding carboxylic acids is 2. The number of rotatable bonds is 4. The molecule has 0 aliphatic carbocycles. The highest BCUT2D eigenvalue weighted by molar-refractivity contribution is 6.16. The molecule has 1 heterocycles. The van der Waals surface area contributed by atoms with Crippen molar-refractivity contribution in [3.05, 3.63) is 11.6 Å². The van der Waals surface area contributed by atoms with Gasteiger partial charge >= 0.3 is 0 Å². The number of imide groups is 1. The molecule has 3 heteroatoms. The molecule has 0 bridgehead atoms. The molecule has 0 spiro atoms. The fourth-order valence-corrected chi connectivity index (χ4v) is 1.34. The zero-order valence-electron chi connectivity index (χ0n) is 8.09.